The number of rotatable bonds is 9. The van der Waals surface area contributed by atoms with E-state index in [2.05, 4.69) is 25.7 Å². The Morgan fingerprint density at radius 2 is 1.91 bits per heavy atom. The first-order chi connectivity index (χ1) is 15.6. The summed E-state index contributed by atoms with van der Waals surface area (Å²) in [7, 11) is 0. The molecule has 2 heterocycles. The average molecular weight is 434 g/mol. The van der Waals surface area contributed by atoms with Crippen molar-refractivity contribution in [1.29, 1.82) is 0 Å². The first kappa shape index (κ1) is 21.2. The molecule has 0 saturated carbocycles. The maximum atomic E-state index is 13.1. The van der Waals surface area contributed by atoms with Crippen LogP contribution in [-0.2, 0) is 17.9 Å². The summed E-state index contributed by atoms with van der Waals surface area (Å²) in [5.41, 5.74) is 1.59. The van der Waals surface area contributed by atoms with Crippen LogP contribution in [0.4, 0.5) is 10.2 Å². The number of para-hydroxylation sites is 1. The standard InChI is InChI=1S/C23H23FN6O2/c1-16(32-19-5-3-2-4-6-19)23(31)25-11-12-30-22-20(14-29-30)21(27-15-28-22)26-13-17-7-9-18(24)10-8-17/h2-10,14-16H,11-13H2,1H3,(H,25,31)(H,26,27,28). The Hall–Kier alpha value is -4.01. The third-order valence-electron chi connectivity index (χ3n) is 4.85. The minimum absolute atomic E-state index is 0.207. The van der Waals surface area contributed by atoms with Crippen LogP contribution in [0.5, 0.6) is 5.75 Å². The zero-order chi connectivity index (χ0) is 22.3. The molecule has 2 aromatic carbocycles. The largest absolute Gasteiger partial charge is 0.481 e. The fourth-order valence-corrected chi connectivity index (χ4v) is 3.17. The predicted molar refractivity (Wildman–Crippen MR) is 119 cm³/mol. The second kappa shape index (κ2) is 9.86. The van der Waals surface area contributed by atoms with E-state index in [0.717, 1.165) is 10.9 Å². The number of anilines is 1. The van der Waals surface area contributed by atoms with Gasteiger partial charge < -0.3 is 15.4 Å². The molecule has 0 aliphatic carbocycles. The molecule has 0 radical (unpaired) electrons. The maximum absolute atomic E-state index is 13.1. The summed E-state index contributed by atoms with van der Waals surface area (Å²) in [6.45, 7) is 3.02. The predicted octanol–water partition coefficient (Wildman–Crippen LogP) is 3.16. The van der Waals surface area contributed by atoms with E-state index in [1.165, 1.54) is 18.5 Å². The fraction of sp³-hybridized carbons (Fsp3) is 0.217. The monoisotopic (exact) mass is 434 g/mol. The molecule has 32 heavy (non-hydrogen) atoms. The smallest absolute Gasteiger partial charge is 0.260 e. The lowest BCUT2D eigenvalue weighted by Gasteiger charge is -2.14. The normalized spacial score (nSPS) is 11.8. The topological polar surface area (TPSA) is 94.0 Å². The van der Waals surface area contributed by atoms with E-state index in [4.69, 9.17) is 4.74 Å². The van der Waals surface area contributed by atoms with E-state index in [1.807, 2.05) is 18.2 Å². The lowest BCUT2D eigenvalue weighted by molar-refractivity contribution is -0.127. The first-order valence-electron chi connectivity index (χ1n) is 10.2. The van der Waals surface area contributed by atoms with Gasteiger partial charge in [0.05, 0.1) is 18.1 Å². The van der Waals surface area contributed by atoms with Gasteiger partial charge >= 0.3 is 0 Å². The average Bonchev–Trinajstić information content (AvgIpc) is 3.23. The van der Waals surface area contributed by atoms with Crippen molar-refractivity contribution in [2.45, 2.75) is 26.1 Å². The maximum Gasteiger partial charge on any atom is 0.260 e. The third-order valence-corrected chi connectivity index (χ3v) is 4.85. The van der Waals surface area contributed by atoms with Crippen molar-refractivity contribution >= 4 is 22.8 Å². The van der Waals surface area contributed by atoms with Crippen LogP contribution < -0.4 is 15.4 Å². The number of nitrogens with zero attached hydrogens (tertiary/aromatic N) is 4. The Morgan fingerprint density at radius 1 is 1.12 bits per heavy atom. The molecule has 2 aromatic heterocycles. The highest BCUT2D eigenvalue weighted by atomic mass is 19.1. The van der Waals surface area contributed by atoms with Gasteiger partial charge in [0.2, 0.25) is 0 Å². The van der Waals surface area contributed by atoms with Crippen molar-refractivity contribution in [2.75, 3.05) is 11.9 Å². The van der Waals surface area contributed by atoms with Gasteiger partial charge in [-0.3, -0.25) is 4.79 Å². The summed E-state index contributed by atoms with van der Waals surface area (Å²) in [4.78, 5) is 20.9. The number of carbonyl (C=O) groups excluding carboxylic acids is 1. The summed E-state index contributed by atoms with van der Waals surface area (Å²) in [6, 6.07) is 15.5. The summed E-state index contributed by atoms with van der Waals surface area (Å²) in [6.07, 6.45) is 2.53. The Bertz CT molecular complexity index is 1180. The highest BCUT2D eigenvalue weighted by Crippen LogP contribution is 2.19. The molecule has 0 fully saturated rings. The van der Waals surface area contributed by atoms with Gasteiger partial charge in [0.1, 0.15) is 23.7 Å². The van der Waals surface area contributed by atoms with Crippen LogP contribution in [0.1, 0.15) is 12.5 Å². The van der Waals surface area contributed by atoms with Crippen molar-refractivity contribution in [3.8, 4) is 5.75 Å². The van der Waals surface area contributed by atoms with E-state index in [1.54, 1.807) is 42.1 Å². The Labute approximate surface area is 184 Å². The minimum Gasteiger partial charge on any atom is -0.481 e. The molecule has 164 valence electrons. The number of hydrogen-bond acceptors (Lipinski definition) is 6. The van der Waals surface area contributed by atoms with Crippen LogP contribution in [0.25, 0.3) is 11.0 Å². The van der Waals surface area contributed by atoms with E-state index in [0.29, 0.717) is 36.8 Å². The van der Waals surface area contributed by atoms with Crippen LogP contribution in [-0.4, -0.2) is 38.3 Å². The number of benzene rings is 2. The van der Waals surface area contributed by atoms with Gasteiger partial charge in [-0.2, -0.15) is 5.10 Å². The molecule has 8 nitrogen and oxygen atoms in total. The van der Waals surface area contributed by atoms with Crippen LogP contribution in [0.2, 0.25) is 0 Å². The third kappa shape index (κ3) is 5.18. The lowest BCUT2D eigenvalue weighted by Crippen LogP contribution is -2.38. The molecule has 0 aliphatic rings. The molecule has 0 saturated heterocycles. The van der Waals surface area contributed by atoms with Gasteiger partial charge in [0, 0.05) is 13.1 Å². The number of fused-ring (bicyclic) bond motifs is 1. The number of nitrogens with one attached hydrogen (secondary N) is 2. The van der Waals surface area contributed by atoms with Crippen LogP contribution in [0.15, 0.2) is 67.1 Å². The molecule has 0 bridgehead atoms. The van der Waals surface area contributed by atoms with Crippen molar-refractivity contribution in [1.82, 2.24) is 25.1 Å². The van der Waals surface area contributed by atoms with Gasteiger partial charge in [-0.25, -0.2) is 19.0 Å². The van der Waals surface area contributed by atoms with Gasteiger partial charge in [-0.15, -0.1) is 0 Å². The van der Waals surface area contributed by atoms with Gasteiger partial charge in [0.15, 0.2) is 11.8 Å². The Kier molecular flexibility index (Phi) is 6.54. The number of halogens is 1. The Balaban J connectivity index is 1.33. The molecule has 1 unspecified atom stereocenters. The summed E-state index contributed by atoms with van der Waals surface area (Å²) in [5, 5.41) is 11.2. The molecule has 4 rings (SSSR count). The highest BCUT2D eigenvalue weighted by molar-refractivity contribution is 5.86. The van der Waals surface area contributed by atoms with E-state index in [-0.39, 0.29) is 11.7 Å². The second-order valence-electron chi connectivity index (χ2n) is 7.17. The molecule has 2 N–H and O–H groups in total. The van der Waals surface area contributed by atoms with Gasteiger partial charge in [-0.05, 0) is 36.8 Å². The van der Waals surface area contributed by atoms with Crippen LogP contribution >= 0.6 is 0 Å². The van der Waals surface area contributed by atoms with Crippen LogP contribution in [0.3, 0.4) is 0 Å². The number of ether oxygens (including phenoxy) is 1. The van der Waals surface area contributed by atoms with Crippen molar-refractivity contribution in [3.63, 3.8) is 0 Å². The molecule has 1 amide bonds. The van der Waals surface area contributed by atoms with Crippen molar-refractivity contribution < 1.29 is 13.9 Å². The SMILES string of the molecule is CC(Oc1ccccc1)C(=O)NCCn1ncc2c(NCc3ccc(F)cc3)ncnc21. The molecule has 0 aliphatic heterocycles. The minimum atomic E-state index is -0.614. The Morgan fingerprint density at radius 3 is 2.69 bits per heavy atom. The first-order valence-corrected chi connectivity index (χ1v) is 10.2. The molecule has 0 spiro atoms. The molecule has 9 heteroatoms. The van der Waals surface area contributed by atoms with Crippen LogP contribution in [0, 0.1) is 5.82 Å². The summed E-state index contributed by atoms with van der Waals surface area (Å²) >= 11 is 0. The molecule has 4 aromatic rings. The summed E-state index contributed by atoms with van der Waals surface area (Å²) < 4.78 is 20.4. The number of carbonyl (C=O) groups is 1. The number of amides is 1. The van der Waals surface area contributed by atoms with E-state index >= 15 is 0 Å². The zero-order valence-corrected chi connectivity index (χ0v) is 17.5. The molecule has 1 atom stereocenters. The molecular formula is C23H23FN6O2. The molecular weight excluding hydrogens is 411 g/mol. The quantitative estimate of drug-likeness (QED) is 0.420. The van der Waals surface area contributed by atoms with Gasteiger partial charge in [0.25, 0.3) is 5.91 Å². The number of hydrogen-bond donors (Lipinski definition) is 2. The van der Waals surface area contributed by atoms with E-state index < -0.39 is 6.10 Å². The number of aromatic nitrogens is 4. The van der Waals surface area contributed by atoms with Gasteiger partial charge in [-0.1, -0.05) is 30.3 Å². The van der Waals surface area contributed by atoms with Crippen molar-refractivity contribution in [2.24, 2.45) is 0 Å². The van der Waals surface area contributed by atoms with Crippen molar-refractivity contribution in [3.05, 3.63) is 78.5 Å². The second-order valence-corrected chi connectivity index (χ2v) is 7.17. The fourth-order valence-electron chi connectivity index (χ4n) is 3.17. The van der Waals surface area contributed by atoms with E-state index in [9.17, 15) is 9.18 Å². The highest BCUT2D eigenvalue weighted by Gasteiger charge is 2.15. The lowest BCUT2D eigenvalue weighted by atomic mass is 10.2. The zero-order valence-electron chi connectivity index (χ0n) is 17.5. The summed E-state index contributed by atoms with van der Waals surface area (Å²) in [5.74, 6) is 0.805.